The van der Waals surface area contributed by atoms with E-state index in [1.54, 1.807) is 33.3 Å². The molecular formula is C19H31FIN5O2. The number of aliphatic imine (C=N–C) groups is 1. The molecule has 1 aliphatic rings. The molecule has 1 atom stereocenters. The van der Waals surface area contributed by atoms with Crippen LogP contribution in [0.15, 0.2) is 29.3 Å². The van der Waals surface area contributed by atoms with E-state index in [1.165, 1.54) is 11.0 Å². The number of rotatable bonds is 7. The molecule has 0 radical (unpaired) electrons. The molecule has 7 nitrogen and oxygen atoms in total. The van der Waals surface area contributed by atoms with Crippen LogP contribution in [0.2, 0.25) is 0 Å². The molecule has 9 heteroatoms. The van der Waals surface area contributed by atoms with Gasteiger partial charge in [-0.1, -0.05) is 12.1 Å². The number of ether oxygens (including phenoxy) is 1. The van der Waals surface area contributed by atoms with Crippen LogP contribution in [-0.4, -0.2) is 76.8 Å². The zero-order chi connectivity index (χ0) is 19.6. The molecule has 0 spiro atoms. The van der Waals surface area contributed by atoms with Crippen molar-refractivity contribution in [3.63, 3.8) is 0 Å². The molecule has 1 aliphatic heterocycles. The second kappa shape index (κ2) is 12.8. The van der Waals surface area contributed by atoms with Gasteiger partial charge in [0.2, 0.25) is 5.91 Å². The van der Waals surface area contributed by atoms with Gasteiger partial charge in [0.15, 0.2) is 5.96 Å². The van der Waals surface area contributed by atoms with E-state index in [9.17, 15) is 9.18 Å². The third kappa shape index (κ3) is 7.78. The predicted octanol–water partition coefficient (Wildman–Crippen LogP) is 1.68. The van der Waals surface area contributed by atoms with Crippen molar-refractivity contribution < 1.29 is 13.9 Å². The van der Waals surface area contributed by atoms with Gasteiger partial charge < -0.3 is 25.2 Å². The summed E-state index contributed by atoms with van der Waals surface area (Å²) in [6, 6.07) is 6.95. The highest BCUT2D eigenvalue weighted by Gasteiger charge is 2.22. The Bertz CT molecular complexity index is 645. The molecule has 1 heterocycles. The number of piperidine rings is 1. The number of hydrogen-bond acceptors (Lipinski definition) is 4. The number of carbonyl (C=O) groups is 1. The monoisotopic (exact) mass is 507 g/mol. The Kier molecular flexibility index (Phi) is 11.1. The molecular weight excluding hydrogens is 476 g/mol. The Balaban J connectivity index is 0.00000392. The van der Waals surface area contributed by atoms with Gasteiger partial charge in [0.05, 0.1) is 12.3 Å². The lowest BCUT2D eigenvalue weighted by molar-refractivity contribution is -0.127. The van der Waals surface area contributed by atoms with Crippen LogP contribution in [0, 0.1) is 5.82 Å². The van der Waals surface area contributed by atoms with E-state index in [4.69, 9.17) is 4.74 Å². The first-order valence-electron chi connectivity index (χ1n) is 9.24. The van der Waals surface area contributed by atoms with Crippen molar-refractivity contribution in [3.05, 3.63) is 30.1 Å². The normalized spacial score (nSPS) is 16.9. The topological polar surface area (TPSA) is 69.2 Å². The molecule has 158 valence electrons. The fraction of sp³-hybridized carbons (Fsp3) is 0.579. The van der Waals surface area contributed by atoms with E-state index < -0.39 is 0 Å². The molecule has 1 aromatic rings. The fourth-order valence-corrected chi connectivity index (χ4v) is 2.93. The van der Waals surface area contributed by atoms with Crippen molar-refractivity contribution >= 4 is 41.5 Å². The average molecular weight is 507 g/mol. The Morgan fingerprint density at radius 1 is 1.39 bits per heavy atom. The molecule has 1 aromatic carbocycles. The molecule has 2 N–H and O–H groups in total. The molecule has 0 saturated carbocycles. The Morgan fingerprint density at radius 2 is 2.14 bits per heavy atom. The number of para-hydroxylation sites is 1. The molecule has 0 aromatic heterocycles. The van der Waals surface area contributed by atoms with Crippen LogP contribution < -0.4 is 15.5 Å². The number of anilines is 1. The smallest absolute Gasteiger partial charge is 0.243 e. The summed E-state index contributed by atoms with van der Waals surface area (Å²) in [5, 5.41) is 6.56. The summed E-state index contributed by atoms with van der Waals surface area (Å²) < 4.78 is 19.2. The van der Waals surface area contributed by atoms with Gasteiger partial charge in [-0.15, -0.1) is 24.0 Å². The third-order valence-electron chi connectivity index (χ3n) is 4.43. The number of amides is 1. The number of benzene rings is 1. The lowest BCUT2D eigenvalue weighted by Gasteiger charge is -2.35. The quantitative estimate of drug-likeness (QED) is 0.255. The van der Waals surface area contributed by atoms with E-state index in [0.29, 0.717) is 31.3 Å². The first kappa shape index (κ1) is 24.4. The minimum absolute atomic E-state index is 0. The van der Waals surface area contributed by atoms with Gasteiger partial charge in [0, 0.05) is 46.9 Å². The maximum absolute atomic E-state index is 14.1. The summed E-state index contributed by atoms with van der Waals surface area (Å²) in [4.78, 5) is 19.8. The highest BCUT2D eigenvalue weighted by Crippen LogP contribution is 2.22. The number of hydrogen-bond donors (Lipinski definition) is 2. The first-order valence-corrected chi connectivity index (χ1v) is 9.24. The minimum Gasteiger partial charge on any atom is -0.383 e. The van der Waals surface area contributed by atoms with Crippen molar-refractivity contribution in [2.24, 2.45) is 4.99 Å². The van der Waals surface area contributed by atoms with Crippen LogP contribution in [0.1, 0.15) is 12.8 Å². The largest absolute Gasteiger partial charge is 0.383 e. The molecule has 0 aliphatic carbocycles. The van der Waals surface area contributed by atoms with E-state index in [1.807, 2.05) is 11.0 Å². The van der Waals surface area contributed by atoms with Gasteiger partial charge in [0.25, 0.3) is 0 Å². The molecule has 28 heavy (non-hydrogen) atoms. The maximum atomic E-state index is 14.1. The van der Waals surface area contributed by atoms with E-state index in [0.717, 1.165) is 19.4 Å². The van der Waals surface area contributed by atoms with E-state index in [-0.39, 0.29) is 48.3 Å². The van der Waals surface area contributed by atoms with Crippen molar-refractivity contribution in [2.45, 2.75) is 18.9 Å². The summed E-state index contributed by atoms with van der Waals surface area (Å²) in [7, 11) is 5.04. The van der Waals surface area contributed by atoms with Crippen LogP contribution in [0.3, 0.4) is 0 Å². The van der Waals surface area contributed by atoms with Crippen LogP contribution in [-0.2, 0) is 9.53 Å². The molecule has 1 unspecified atom stereocenters. The number of carbonyl (C=O) groups excluding carboxylic acids is 1. The number of nitrogens with one attached hydrogen (secondary N) is 2. The summed E-state index contributed by atoms with van der Waals surface area (Å²) in [6.45, 7) is 2.69. The zero-order valence-corrected chi connectivity index (χ0v) is 19.1. The van der Waals surface area contributed by atoms with Crippen LogP contribution in [0.5, 0.6) is 0 Å². The number of methoxy groups -OCH3 is 1. The number of nitrogens with zero attached hydrogens (tertiary/aromatic N) is 3. The molecule has 1 fully saturated rings. The van der Waals surface area contributed by atoms with Gasteiger partial charge >= 0.3 is 0 Å². The van der Waals surface area contributed by atoms with Crippen molar-refractivity contribution in [3.8, 4) is 0 Å². The summed E-state index contributed by atoms with van der Waals surface area (Å²) in [6.07, 6.45) is 1.91. The Labute approximate surface area is 183 Å². The van der Waals surface area contributed by atoms with Crippen molar-refractivity contribution in [2.75, 3.05) is 58.9 Å². The van der Waals surface area contributed by atoms with E-state index in [2.05, 4.69) is 15.6 Å². The maximum Gasteiger partial charge on any atom is 0.243 e. The fourth-order valence-electron chi connectivity index (χ4n) is 2.93. The highest BCUT2D eigenvalue weighted by atomic mass is 127. The van der Waals surface area contributed by atoms with Gasteiger partial charge in [-0.3, -0.25) is 4.79 Å². The first-order chi connectivity index (χ1) is 13.0. The van der Waals surface area contributed by atoms with Crippen molar-refractivity contribution in [1.82, 2.24) is 15.5 Å². The zero-order valence-electron chi connectivity index (χ0n) is 16.8. The molecule has 0 bridgehead atoms. The summed E-state index contributed by atoms with van der Waals surface area (Å²) in [5.41, 5.74) is 0.623. The number of halogens is 2. The van der Waals surface area contributed by atoms with Crippen LogP contribution in [0.4, 0.5) is 10.1 Å². The molecule has 2 rings (SSSR count). The van der Waals surface area contributed by atoms with Crippen molar-refractivity contribution in [1.29, 1.82) is 0 Å². The van der Waals surface area contributed by atoms with E-state index >= 15 is 0 Å². The van der Waals surface area contributed by atoms with Gasteiger partial charge in [-0.25, -0.2) is 9.38 Å². The number of guanidine groups is 1. The highest BCUT2D eigenvalue weighted by molar-refractivity contribution is 14.0. The second-order valence-electron chi connectivity index (χ2n) is 6.75. The summed E-state index contributed by atoms with van der Waals surface area (Å²) in [5.74, 6) is 0.295. The minimum atomic E-state index is -0.207. The van der Waals surface area contributed by atoms with Gasteiger partial charge in [-0.2, -0.15) is 0 Å². The standard InChI is InChI=1S/C19H30FN5O2.HI/c1-24(2)18(26)13-22-19(21-10-12-27-3)23-15-7-6-11-25(14-15)17-9-5-4-8-16(17)20;/h4-5,8-9,15H,6-7,10-14H2,1-3H3,(H2,21,22,23);1H. The molecule has 1 saturated heterocycles. The summed E-state index contributed by atoms with van der Waals surface area (Å²) >= 11 is 0. The third-order valence-corrected chi connectivity index (χ3v) is 4.43. The predicted molar refractivity (Wildman–Crippen MR) is 121 cm³/mol. The SMILES string of the molecule is COCCNC(=NCC(=O)N(C)C)NC1CCCN(c2ccccc2F)C1.I. The van der Waals surface area contributed by atoms with Crippen LogP contribution >= 0.6 is 24.0 Å². The lowest BCUT2D eigenvalue weighted by atomic mass is 10.0. The van der Waals surface area contributed by atoms with Gasteiger partial charge in [0.1, 0.15) is 12.4 Å². The Morgan fingerprint density at radius 3 is 2.82 bits per heavy atom. The average Bonchev–Trinajstić information content (AvgIpc) is 2.66. The van der Waals surface area contributed by atoms with Gasteiger partial charge in [-0.05, 0) is 25.0 Å². The Hall–Kier alpha value is -1.62. The lowest BCUT2D eigenvalue weighted by Crippen LogP contribution is -2.52. The van der Waals surface area contributed by atoms with Crippen LogP contribution in [0.25, 0.3) is 0 Å². The number of likely N-dealkylation sites (N-methyl/N-ethyl adjacent to an activating group) is 1. The second-order valence-corrected chi connectivity index (χ2v) is 6.75. The molecule has 1 amide bonds.